The molecule has 0 heterocycles. The lowest BCUT2D eigenvalue weighted by molar-refractivity contribution is 0.232. The van der Waals surface area contributed by atoms with Crippen LogP contribution in [0.5, 0.6) is 0 Å². The third-order valence-corrected chi connectivity index (χ3v) is 7.35. The minimum Gasteiger partial charge on any atom is -0.0917 e. The summed E-state index contributed by atoms with van der Waals surface area (Å²) in [5.74, 6) is 4.28. The van der Waals surface area contributed by atoms with Crippen molar-refractivity contribution in [2.75, 3.05) is 0 Å². The second-order valence-corrected chi connectivity index (χ2v) is 9.35. The van der Waals surface area contributed by atoms with Gasteiger partial charge in [-0.05, 0) is 43.4 Å². The topological polar surface area (TPSA) is 0 Å². The van der Waals surface area contributed by atoms with Crippen molar-refractivity contribution in [1.82, 2.24) is 0 Å². The summed E-state index contributed by atoms with van der Waals surface area (Å²) in [5, 5.41) is 0. The van der Waals surface area contributed by atoms with Crippen LogP contribution in [0, 0.1) is 23.7 Å². The Kier molecular flexibility index (Phi) is 10.9. The molecule has 2 aliphatic carbocycles. The van der Waals surface area contributed by atoms with E-state index in [1.807, 2.05) is 0 Å². The molecule has 0 aromatic heterocycles. The molecule has 0 N–H and O–H groups in total. The number of rotatable bonds is 11. The molecule has 2 fully saturated rings. The van der Waals surface area contributed by atoms with Gasteiger partial charge >= 0.3 is 0 Å². The Balaban J connectivity index is 1.45. The Bertz CT molecular complexity index is 326. The van der Waals surface area contributed by atoms with Crippen molar-refractivity contribution in [2.24, 2.45) is 23.7 Å². The Morgan fingerprint density at radius 1 is 0.600 bits per heavy atom. The minimum absolute atomic E-state index is 1.04. The van der Waals surface area contributed by atoms with Gasteiger partial charge in [0.25, 0.3) is 0 Å². The molecule has 0 amide bonds. The first-order chi connectivity index (χ1) is 12.3. The van der Waals surface area contributed by atoms with Gasteiger partial charge in [0.15, 0.2) is 0 Å². The number of unbranched alkanes of at least 4 members (excludes halogenated alkanes) is 2. The summed E-state index contributed by atoms with van der Waals surface area (Å²) < 4.78 is 0. The smallest absolute Gasteiger partial charge is 0.0348 e. The average Bonchev–Trinajstić information content (AvgIpc) is 2.66. The van der Waals surface area contributed by atoms with Crippen LogP contribution in [-0.2, 0) is 0 Å². The normalized spacial score (nSPS) is 30.8. The van der Waals surface area contributed by atoms with Crippen molar-refractivity contribution in [3.8, 4) is 0 Å². The third kappa shape index (κ3) is 8.78. The highest BCUT2D eigenvalue weighted by Gasteiger charge is 2.22. The maximum atomic E-state index is 2.35. The summed E-state index contributed by atoms with van der Waals surface area (Å²) in [5.41, 5.74) is 0. The van der Waals surface area contributed by atoms with Crippen molar-refractivity contribution in [3.63, 3.8) is 0 Å². The second-order valence-electron chi connectivity index (χ2n) is 9.35. The number of hydrogen-bond donors (Lipinski definition) is 0. The zero-order valence-corrected chi connectivity index (χ0v) is 17.5. The molecule has 0 unspecified atom stereocenters. The predicted molar refractivity (Wildman–Crippen MR) is 113 cm³/mol. The number of allylic oxidation sites excluding steroid dienone is 2. The highest BCUT2D eigenvalue weighted by molar-refractivity contribution is 4.80. The lowest BCUT2D eigenvalue weighted by Gasteiger charge is -2.29. The van der Waals surface area contributed by atoms with E-state index in [4.69, 9.17) is 0 Å². The van der Waals surface area contributed by atoms with Gasteiger partial charge in [0.05, 0.1) is 0 Å². The summed E-state index contributed by atoms with van der Waals surface area (Å²) in [6, 6.07) is 0. The van der Waals surface area contributed by atoms with Gasteiger partial charge in [0.1, 0.15) is 0 Å². The van der Waals surface area contributed by atoms with E-state index in [0.717, 1.165) is 23.7 Å². The summed E-state index contributed by atoms with van der Waals surface area (Å²) in [4.78, 5) is 0. The van der Waals surface area contributed by atoms with E-state index in [-0.39, 0.29) is 0 Å². The van der Waals surface area contributed by atoms with Gasteiger partial charge in [-0.3, -0.25) is 0 Å². The van der Waals surface area contributed by atoms with Crippen molar-refractivity contribution >= 4 is 0 Å². The molecule has 146 valence electrons. The highest BCUT2D eigenvalue weighted by atomic mass is 14.3. The van der Waals surface area contributed by atoms with Gasteiger partial charge in [0.2, 0.25) is 0 Å². The lowest BCUT2D eigenvalue weighted by atomic mass is 9.76. The minimum atomic E-state index is 1.04. The molecule has 0 radical (unpaired) electrons. The van der Waals surface area contributed by atoms with Crippen LogP contribution in [0.3, 0.4) is 0 Å². The molecular weight excluding hydrogens is 300 g/mol. The van der Waals surface area contributed by atoms with E-state index in [0.29, 0.717) is 0 Å². The van der Waals surface area contributed by atoms with Crippen molar-refractivity contribution in [2.45, 2.75) is 123 Å². The molecule has 0 aromatic carbocycles. The Hall–Kier alpha value is -0.260. The van der Waals surface area contributed by atoms with Crippen LogP contribution in [0.15, 0.2) is 12.2 Å². The third-order valence-electron chi connectivity index (χ3n) is 7.35. The molecular formula is C25H46. The zero-order valence-electron chi connectivity index (χ0n) is 17.5. The van der Waals surface area contributed by atoms with Crippen molar-refractivity contribution in [1.29, 1.82) is 0 Å². The van der Waals surface area contributed by atoms with E-state index >= 15 is 0 Å². The van der Waals surface area contributed by atoms with Crippen molar-refractivity contribution < 1.29 is 0 Å². The summed E-state index contributed by atoms with van der Waals surface area (Å²) >= 11 is 0. The fraction of sp³-hybridized carbons (Fsp3) is 0.920. The quantitative estimate of drug-likeness (QED) is 0.259. The molecule has 0 spiro atoms. The highest BCUT2D eigenvalue weighted by Crippen LogP contribution is 2.36. The molecule has 2 saturated carbocycles. The Morgan fingerprint density at radius 2 is 1.00 bits per heavy atom. The van der Waals surface area contributed by atoms with Gasteiger partial charge in [-0.2, -0.15) is 0 Å². The van der Waals surface area contributed by atoms with Crippen LogP contribution in [0.4, 0.5) is 0 Å². The van der Waals surface area contributed by atoms with Crippen molar-refractivity contribution in [3.05, 3.63) is 12.2 Å². The largest absolute Gasteiger partial charge is 0.0917 e. The molecule has 2 aliphatic rings. The maximum Gasteiger partial charge on any atom is -0.0348 e. The fourth-order valence-corrected chi connectivity index (χ4v) is 5.48. The summed E-state index contributed by atoms with van der Waals surface area (Å²) in [6.45, 7) is 4.48. The van der Waals surface area contributed by atoms with E-state index in [9.17, 15) is 0 Å². The van der Waals surface area contributed by atoms with Crippen LogP contribution < -0.4 is 0 Å². The van der Waals surface area contributed by atoms with Gasteiger partial charge in [-0.1, -0.05) is 115 Å². The Labute approximate surface area is 159 Å². The SMILES string of the molecule is C/C=C/CCC1CCC(CCCC[C@H]2CC[C@H](CCCC)CC2)CC1. The molecule has 0 saturated heterocycles. The average molecular weight is 347 g/mol. The standard InChI is InChI=1S/C25H46/c1-3-5-7-11-23-18-20-25(21-19-23)13-9-8-12-24-16-14-22(15-17-24)10-6-4-2/h3,5,22-25H,4,6-21H2,1-2H3/b5-3+/t22-,23?,24-,25?. The monoisotopic (exact) mass is 346 g/mol. The molecule has 0 atom stereocenters. The first-order valence-corrected chi connectivity index (χ1v) is 11.9. The maximum absolute atomic E-state index is 2.35. The van der Waals surface area contributed by atoms with Crippen LogP contribution in [-0.4, -0.2) is 0 Å². The second kappa shape index (κ2) is 13.0. The van der Waals surface area contributed by atoms with Crippen LogP contribution >= 0.6 is 0 Å². The zero-order chi connectivity index (χ0) is 17.7. The summed E-state index contributed by atoms with van der Waals surface area (Å²) in [7, 11) is 0. The van der Waals surface area contributed by atoms with Gasteiger partial charge in [-0.15, -0.1) is 0 Å². The van der Waals surface area contributed by atoms with E-state index in [1.165, 1.54) is 77.0 Å². The predicted octanol–water partition coefficient (Wildman–Crippen LogP) is 8.71. The summed E-state index contributed by atoms with van der Waals surface area (Å²) in [6.07, 6.45) is 30.1. The molecule has 0 nitrogen and oxygen atoms in total. The van der Waals surface area contributed by atoms with Gasteiger partial charge < -0.3 is 0 Å². The Morgan fingerprint density at radius 3 is 1.40 bits per heavy atom. The van der Waals surface area contributed by atoms with Crippen LogP contribution in [0.1, 0.15) is 123 Å². The van der Waals surface area contributed by atoms with E-state index in [1.54, 1.807) is 32.1 Å². The van der Waals surface area contributed by atoms with Crippen LogP contribution in [0.25, 0.3) is 0 Å². The molecule has 0 aliphatic heterocycles. The molecule has 0 heteroatoms. The first kappa shape index (κ1) is 21.0. The van der Waals surface area contributed by atoms with E-state index in [2.05, 4.69) is 26.0 Å². The lowest BCUT2D eigenvalue weighted by Crippen LogP contribution is -2.15. The number of hydrogen-bond acceptors (Lipinski definition) is 0. The molecule has 0 aromatic rings. The van der Waals surface area contributed by atoms with Gasteiger partial charge in [0, 0.05) is 0 Å². The molecule has 0 bridgehead atoms. The first-order valence-electron chi connectivity index (χ1n) is 11.9. The van der Waals surface area contributed by atoms with E-state index < -0.39 is 0 Å². The molecule has 2 rings (SSSR count). The van der Waals surface area contributed by atoms with Gasteiger partial charge in [-0.25, -0.2) is 0 Å². The molecule has 25 heavy (non-hydrogen) atoms. The fourth-order valence-electron chi connectivity index (χ4n) is 5.48. The van der Waals surface area contributed by atoms with Crippen LogP contribution in [0.2, 0.25) is 0 Å².